The summed E-state index contributed by atoms with van der Waals surface area (Å²) in [6, 6.07) is 1.70. The van der Waals surface area contributed by atoms with E-state index in [9.17, 15) is 19.5 Å². The Hall–Kier alpha value is -2.58. The van der Waals surface area contributed by atoms with Crippen LogP contribution in [0.3, 0.4) is 0 Å². The molecule has 2 bridgehead atoms. The van der Waals surface area contributed by atoms with Gasteiger partial charge in [-0.1, -0.05) is 0 Å². The number of fused-ring (bicyclic) bond motifs is 3. The van der Waals surface area contributed by atoms with Gasteiger partial charge in [0.2, 0.25) is 0 Å². The number of hydrogen-bond donors (Lipinski definition) is 1. The van der Waals surface area contributed by atoms with Crippen LogP contribution in [-0.4, -0.2) is 66.9 Å². The molecule has 2 amide bonds. The third kappa shape index (κ3) is 4.55. The molecule has 0 saturated carbocycles. The Morgan fingerprint density at radius 3 is 2.39 bits per heavy atom. The van der Waals surface area contributed by atoms with Crippen molar-refractivity contribution in [3.8, 4) is 0 Å². The van der Waals surface area contributed by atoms with E-state index in [2.05, 4.69) is 5.10 Å². The highest BCUT2D eigenvalue weighted by Gasteiger charge is 2.44. The predicted octanol–water partition coefficient (Wildman–Crippen LogP) is 2.88. The van der Waals surface area contributed by atoms with Crippen LogP contribution in [0.25, 0.3) is 0 Å². The van der Waals surface area contributed by atoms with Gasteiger partial charge in [-0.2, -0.15) is 5.10 Å². The van der Waals surface area contributed by atoms with Crippen molar-refractivity contribution in [3.05, 3.63) is 17.5 Å². The summed E-state index contributed by atoms with van der Waals surface area (Å²) in [5.41, 5.74) is 0.633. The first-order chi connectivity index (χ1) is 14.6. The zero-order valence-corrected chi connectivity index (χ0v) is 18.5. The zero-order chi connectivity index (χ0) is 22.3. The maximum atomic E-state index is 13.4. The monoisotopic (exact) mass is 432 g/mol. The van der Waals surface area contributed by atoms with Gasteiger partial charge in [0.15, 0.2) is 5.69 Å². The van der Waals surface area contributed by atoms with Crippen LogP contribution in [-0.2, 0) is 22.6 Å². The number of aliphatic carboxylic acids is 1. The summed E-state index contributed by atoms with van der Waals surface area (Å²) >= 11 is 0. The minimum atomic E-state index is -0.764. The smallest absolute Gasteiger partial charge is 0.410 e. The fourth-order valence-electron chi connectivity index (χ4n) is 5.10. The van der Waals surface area contributed by atoms with Crippen LogP contribution in [0.2, 0.25) is 0 Å². The summed E-state index contributed by atoms with van der Waals surface area (Å²) in [7, 11) is 0. The molecule has 0 aromatic carbocycles. The molecule has 31 heavy (non-hydrogen) atoms. The molecule has 9 heteroatoms. The first-order valence-electron chi connectivity index (χ1n) is 11.2. The topological polar surface area (TPSA) is 105 Å². The van der Waals surface area contributed by atoms with E-state index < -0.39 is 11.6 Å². The van der Waals surface area contributed by atoms with Crippen molar-refractivity contribution >= 4 is 18.0 Å². The lowest BCUT2D eigenvalue weighted by Crippen LogP contribution is -2.55. The Morgan fingerprint density at radius 1 is 1.10 bits per heavy atom. The van der Waals surface area contributed by atoms with E-state index in [1.54, 1.807) is 11.0 Å². The molecule has 4 heterocycles. The Labute approximate surface area is 182 Å². The predicted molar refractivity (Wildman–Crippen MR) is 111 cm³/mol. The van der Waals surface area contributed by atoms with Gasteiger partial charge in [0.25, 0.3) is 5.91 Å². The minimum absolute atomic E-state index is 0.0409. The highest BCUT2D eigenvalue weighted by atomic mass is 16.6. The van der Waals surface area contributed by atoms with Crippen molar-refractivity contribution in [2.24, 2.45) is 5.92 Å². The Bertz CT molecular complexity index is 860. The fourth-order valence-corrected chi connectivity index (χ4v) is 5.10. The molecule has 9 nitrogen and oxygen atoms in total. The van der Waals surface area contributed by atoms with Gasteiger partial charge in [0, 0.05) is 25.2 Å². The number of aryl methyl sites for hydroxylation is 1. The second-order valence-electron chi connectivity index (χ2n) is 9.96. The van der Waals surface area contributed by atoms with Crippen molar-refractivity contribution < 1.29 is 24.2 Å². The molecule has 1 N–H and O–H groups in total. The fraction of sp³-hybridized carbons (Fsp3) is 0.727. The molecule has 0 aliphatic carbocycles. The van der Waals surface area contributed by atoms with Crippen LogP contribution < -0.4 is 0 Å². The van der Waals surface area contributed by atoms with Crippen molar-refractivity contribution in [3.63, 3.8) is 0 Å². The normalized spacial score (nSPS) is 26.1. The third-order valence-electron chi connectivity index (χ3n) is 6.44. The summed E-state index contributed by atoms with van der Waals surface area (Å²) in [6.45, 7) is 7.09. The van der Waals surface area contributed by atoms with Crippen molar-refractivity contribution in [2.75, 3.05) is 6.54 Å². The van der Waals surface area contributed by atoms with Crippen LogP contribution >= 0.6 is 0 Å². The molecule has 2 unspecified atom stereocenters. The number of carbonyl (C=O) groups is 3. The highest BCUT2D eigenvalue weighted by molar-refractivity contribution is 5.93. The third-order valence-corrected chi connectivity index (χ3v) is 6.44. The quantitative estimate of drug-likeness (QED) is 0.770. The molecule has 0 radical (unpaired) electrons. The van der Waals surface area contributed by atoms with Crippen LogP contribution in [0, 0.1) is 5.92 Å². The van der Waals surface area contributed by atoms with Gasteiger partial charge in [-0.3, -0.25) is 14.3 Å². The molecular weight excluding hydrogens is 400 g/mol. The number of carbonyl (C=O) groups excluding carboxylic acids is 2. The van der Waals surface area contributed by atoms with E-state index in [0.29, 0.717) is 38.2 Å². The van der Waals surface area contributed by atoms with E-state index in [1.165, 1.54) is 0 Å². The van der Waals surface area contributed by atoms with E-state index >= 15 is 0 Å². The maximum Gasteiger partial charge on any atom is 0.410 e. The zero-order valence-electron chi connectivity index (χ0n) is 18.5. The lowest BCUT2D eigenvalue weighted by molar-refractivity contribution is -0.145. The SMILES string of the molecule is CC(C)(C)OC(=O)N1CCCn2nc(C(=O)N3C4CCCC3CC(C(=O)O)C4)cc2C1. The number of amides is 2. The summed E-state index contributed by atoms with van der Waals surface area (Å²) in [4.78, 5) is 41.0. The Kier molecular flexibility index (Phi) is 5.70. The first-order valence-corrected chi connectivity index (χ1v) is 11.2. The largest absolute Gasteiger partial charge is 0.481 e. The van der Waals surface area contributed by atoms with Crippen LogP contribution in [0.4, 0.5) is 4.79 Å². The van der Waals surface area contributed by atoms with E-state index in [-0.39, 0.29) is 30.0 Å². The van der Waals surface area contributed by atoms with Gasteiger partial charge in [-0.25, -0.2) is 4.79 Å². The lowest BCUT2D eigenvalue weighted by Gasteiger charge is -2.47. The van der Waals surface area contributed by atoms with Gasteiger partial charge >= 0.3 is 12.1 Å². The molecule has 2 saturated heterocycles. The Morgan fingerprint density at radius 2 is 1.77 bits per heavy atom. The summed E-state index contributed by atoms with van der Waals surface area (Å²) < 4.78 is 7.33. The summed E-state index contributed by atoms with van der Waals surface area (Å²) in [6.07, 6.45) is 4.10. The molecule has 4 rings (SSSR count). The van der Waals surface area contributed by atoms with Crippen LogP contribution in [0.15, 0.2) is 6.07 Å². The summed E-state index contributed by atoms with van der Waals surface area (Å²) in [5.74, 6) is -1.26. The lowest BCUT2D eigenvalue weighted by atomic mass is 9.78. The van der Waals surface area contributed by atoms with E-state index in [0.717, 1.165) is 31.4 Å². The number of rotatable bonds is 2. The molecule has 2 atom stereocenters. The highest BCUT2D eigenvalue weighted by Crippen LogP contribution is 2.38. The van der Waals surface area contributed by atoms with Gasteiger partial charge in [0.05, 0.1) is 18.2 Å². The number of piperidine rings is 2. The van der Waals surface area contributed by atoms with Crippen LogP contribution in [0.5, 0.6) is 0 Å². The molecule has 1 aromatic rings. The number of aromatic nitrogens is 2. The second-order valence-corrected chi connectivity index (χ2v) is 9.96. The van der Waals surface area contributed by atoms with Crippen LogP contribution in [0.1, 0.15) is 75.5 Å². The van der Waals surface area contributed by atoms with E-state index in [1.807, 2.05) is 30.4 Å². The molecule has 0 spiro atoms. The standard InChI is InChI=1S/C22H32N4O5/c1-22(2,3)31-21(30)24-8-5-9-25-17(13-24)12-18(23-25)19(27)26-15-6-4-7-16(26)11-14(10-15)20(28)29/h12,14-16H,4-11,13H2,1-3H3,(H,28,29). The number of ether oxygens (including phenoxy) is 1. The number of hydrogen-bond acceptors (Lipinski definition) is 5. The molecule has 3 aliphatic rings. The number of carboxylic acid groups (broad SMARTS) is 1. The molecule has 1 aromatic heterocycles. The van der Waals surface area contributed by atoms with Crippen molar-refractivity contribution in [1.82, 2.24) is 19.6 Å². The van der Waals surface area contributed by atoms with Gasteiger partial charge in [-0.15, -0.1) is 0 Å². The molecule has 170 valence electrons. The molecule has 3 aliphatic heterocycles. The van der Waals surface area contributed by atoms with Gasteiger partial charge in [-0.05, 0) is 65.4 Å². The molecular formula is C22H32N4O5. The first kappa shape index (κ1) is 21.6. The average Bonchev–Trinajstić information content (AvgIpc) is 2.96. The number of nitrogens with zero attached hydrogens (tertiary/aromatic N) is 4. The Balaban J connectivity index is 1.51. The summed E-state index contributed by atoms with van der Waals surface area (Å²) in [5, 5.41) is 14.0. The van der Waals surface area contributed by atoms with E-state index in [4.69, 9.17) is 4.74 Å². The van der Waals surface area contributed by atoms with Gasteiger partial charge in [0.1, 0.15) is 5.60 Å². The number of carboxylic acids is 1. The minimum Gasteiger partial charge on any atom is -0.481 e. The second kappa shape index (κ2) is 8.16. The average molecular weight is 433 g/mol. The van der Waals surface area contributed by atoms with Crippen molar-refractivity contribution in [1.29, 1.82) is 0 Å². The molecule has 2 fully saturated rings. The van der Waals surface area contributed by atoms with Crippen molar-refractivity contribution in [2.45, 2.75) is 90.1 Å². The van der Waals surface area contributed by atoms with Gasteiger partial charge < -0.3 is 19.6 Å². The maximum absolute atomic E-state index is 13.4.